The van der Waals surface area contributed by atoms with Crippen molar-refractivity contribution in [2.75, 3.05) is 6.54 Å². The van der Waals surface area contributed by atoms with Crippen LogP contribution in [-0.2, 0) is 14.4 Å². The molecule has 4 nitrogen and oxygen atoms in total. The summed E-state index contributed by atoms with van der Waals surface area (Å²) in [4.78, 5) is 0.282. The number of benzene rings is 1. The van der Waals surface area contributed by atoms with Gasteiger partial charge in [-0.25, -0.2) is 13.1 Å². The summed E-state index contributed by atoms with van der Waals surface area (Å²) in [5.74, 6) is 0. The molecule has 0 unspecified atom stereocenters. The molecule has 0 saturated carbocycles. The zero-order chi connectivity index (χ0) is 21.5. The first-order valence-corrected chi connectivity index (χ1v) is 13.7. The predicted octanol–water partition coefficient (Wildman–Crippen LogP) is 5.57. The number of rotatable bonds is 11. The van der Waals surface area contributed by atoms with E-state index < -0.39 is 18.3 Å². The average Bonchev–Trinajstić information content (AvgIpc) is 2.58. The minimum Gasteiger partial charge on any atom is -0.409 e. The smallest absolute Gasteiger partial charge is 0.240 e. The van der Waals surface area contributed by atoms with Crippen molar-refractivity contribution in [2.45, 2.75) is 82.5 Å². The molecule has 0 amide bonds. The number of nitrogens with one attached hydrogen (secondary N) is 1. The molecule has 1 atom stereocenters. The molecular weight excluding hydrogens is 386 g/mol. The first-order valence-electron chi connectivity index (χ1n) is 10.1. The van der Waals surface area contributed by atoms with Gasteiger partial charge in [0.25, 0.3) is 0 Å². The number of sulfonamides is 1. The molecular formula is C22H37NO3SSi. The van der Waals surface area contributed by atoms with E-state index in [9.17, 15) is 8.42 Å². The maximum atomic E-state index is 12.5. The lowest BCUT2D eigenvalue weighted by Crippen LogP contribution is -2.50. The zero-order valence-corrected chi connectivity index (χ0v) is 20.3. The third kappa shape index (κ3) is 6.16. The van der Waals surface area contributed by atoms with E-state index in [0.29, 0.717) is 29.6 Å². The second-order valence-corrected chi connectivity index (χ2v) is 15.5. The molecule has 28 heavy (non-hydrogen) atoms. The van der Waals surface area contributed by atoms with E-state index >= 15 is 0 Å². The fourth-order valence-electron chi connectivity index (χ4n) is 4.11. The van der Waals surface area contributed by atoms with Crippen LogP contribution < -0.4 is 4.72 Å². The van der Waals surface area contributed by atoms with Crippen molar-refractivity contribution < 1.29 is 12.8 Å². The van der Waals surface area contributed by atoms with Crippen molar-refractivity contribution in [3.05, 3.63) is 48.2 Å². The van der Waals surface area contributed by atoms with Crippen LogP contribution in [0.5, 0.6) is 0 Å². The lowest BCUT2D eigenvalue weighted by Gasteiger charge is -2.44. The van der Waals surface area contributed by atoms with Crippen molar-refractivity contribution in [2.24, 2.45) is 0 Å². The Morgan fingerprint density at radius 2 is 1.57 bits per heavy atom. The normalized spacial score (nSPS) is 13.8. The maximum absolute atomic E-state index is 12.5. The van der Waals surface area contributed by atoms with Gasteiger partial charge in [-0.05, 0) is 48.2 Å². The van der Waals surface area contributed by atoms with Crippen molar-refractivity contribution in [3.8, 4) is 0 Å². The largest absolute Gasteiger partial charge is 0.409 e. The van der Waals surface area contributed by atoms with Crippen molar-refractivity contribution in [3.63, 3.8) is 0 Å². The molecule has 1 aromatic rings. The second-order valence-electron chi connectivity index (χ2n) is 8.34. The highest BCUT2D eigenvalue weighted by Crippen LogP contribution is 2.43. The lowest BCUT2D eigenvalue weighted by molar-refractivity contribution is 0.208. The van der Waals surface area contributed by atoms with Crippen LogP contribution in [-0.4, -0.2) is 29.4 Å². The SMILES string of the molecule is C=C=C[C@H](CCNS(=O)(=O)c1ccc(C)cc1)O[Si](C(C)C)(C(C)C)C(C)C. The Morgan fingerprint density at radius 1 is 1.07 bits per heavy atom. The first-order chi connectivity index (χ1) is 13.0. The summed E-state index contributed by atoms with van der Waals surface area (Å²) in [6, 6.07) is 6.86. The predicted molar refractivity (Wildman–Crippen MR) is 121 cm³/mol. The topological polar surface area (TPSA) is 55.4 Å². The average molecular weight is 424 g/mol. The van der Waals surface area contributed by atoms with Gasteiger partial charge in [-0.15, -0.1) is 5.73 Å². The van der Waals surface area contributed by atoms with Gasteiger partial charge in [0.15, 0.2) is 0 Å². The van der Waals surface area contributed by atoms with Gasteiger partial charge in [0, 0.05) is 6.54 Å². The quantitative estimate of drug-likeness (QED) is 0.374. The molecule has 158 valence electrons. The van der Waals surface area contributed by atoms with E-state index in [4.69, 9.17) is 4.43 Å². The van der Waals surface area contributed by atoms with Crippen LogP contribution in [0.1, 0.15) is 53.5 Å². The summed E-state index contributed by atoms with van der Waals surface area (Å²) in [6.07, 6.45) is 2.18. The Balaban J connectivity index is 2.90. The van der Waals surface area contributed by atoms with Crippen LogP contribution in [0.15, 0.2) is 47.5 Å². The summed E-state index contributed by atoms with van der Waals surface area (Å²) in [7, 11) is -5.59. The summed E-state index contributed by atoms with van der Waals surface area (Å²) in [5.41, 5.74) is 5.23. The van der Waals surface area contributed by atoms with Gasteiger partial charge in [0.1, 0.15) is 0 Å². The highest BCUT2D eigenvalue weighted by atomic mass is 32.2. The fourth-order valence-corrected chi connectivity index (χ4v) is 10.7. The third-order valence-electron chi connectivity index (χ3n) is 5.42. The summed E-state index contributed by atoms with van der Waals surface area (Å²) in [5, 5.41) is 0. The minimum atomic E-state index is -3.52. The molecule has 0 aliphatic rings. The van der Waals surface area contributed by atoms with E-state index in [1.165, 1.54) is 0 Å². The van der Waals surface area contributed by atoms with Crippen molar-refractivity contribution in [1.82, 2.24) is 4.72 Å². The van der Waals surface area contributed by atoms with E-state index in [1.807, 2.05) is 13.0 Å². The fraction of sp³-hybridized carbons (Fsp3) is 0.591. The molecule has 0 fully saturated rings. The van der Waals surface area contributed by atoms with Crippen LogP contribution in [0.2, 0.25) is 16.6 Å². The van der Waals surface area contributed by atoms with E-state index in [1.54, 1.807) is 24.3 Å². The molecule has 0 aromatic heterocycles. The minimum absolute atomic E-state index is 0.197. The highest BCUT2D eigenvalue weighted by Gasteiger charge is 2.46. The summed E-state index contributed by atoms with van der Waals surface area (Å²) >= 11 is 0. The van der Waals surface area contributed by atoms with Crippen LogP contribution in [0.25, 0.3) is 0 Å². The molecule has 0 spiro atoms. The third-order valence-corrected chi connectivity index (χ3v) is 13.0. The van der Waals surface area contributed by atoms with Crippen LogP contribution in [0, 0.1) is 6.92 Å². The van der Waals surface area contributed by atoms with Gasteiger partial charge in [-0.3, -0.25) is 0 Å². The van der Waals surface area contributed by atoms with Crippen LogP contribution in [0.4, 0.5) is 0 Å². The van der Waals surface area contributed by atoms with Crippen LogP contribution >= 0.6 is 0 Å². The first kappa shape index (κ1) is 24.9. The molecule has 0 heterocycles. The lowest BCUT2D eigenvalue weighted by atomic mass is 10.2. The molecule has 1 N–H and O–H groups in total. The van der Waals surface area contributed by atoms with E-state index in [-0.39, 0.29) is 11.0 Å². The zero-order valence-electron chi connectivity index (χ0n) is 18.5. The van der Waals surface area contributed by atoms with Gasteiger partial charge in [-0.2, -0.15) is 0 Å². The molecule has 1 rings (SSSR count). The molecule has 0 aliphatic carbocycles. The maximum Gasteiger partial charge on any atom is 0.240 e. The van der Waals surface area contributed by atoms with Gasteiger partial charge in [0.2, 0.25) is 18.3 Å². The van der Waals surface area contributed by atoms with Crippen LogP contribution in [0.3, 0.4) is 0 Å². The van der Waals surface area contributed by atoms with E-state index in [0.717, 1.165) is 5.56 Å². The van der Waals surface area contributed by atoms with Gasteiger partial charge < -0.3 is 4.43 Å². The number of hydrogen-bond acceptors (Lipinski definition) is 3. The highest BCUT2D eigenvalue weighted by molar-refractivity contribution is 7.89. The Kier molecular flexibility index (Phi) is 9.38. The molecule has 6 heteroatoms. The summed E-state index contributed by atoms with van der Waals surface area (Å²) in [6.45, 7) is 19.4. The van der Waals surface area contributed by atoms with Gasteiger partial charge in [-0.1, -0.05) is 65.8 Å². The van der Waals surface area contributed by atoms with E-state index in [2.05, 4.69) is 58.6 Å². The monoisotopic (exact) mass is 423 g/mol. The van der Waals surface area contributed by atoms with Gasteiger partial charge >= 0.3 is 0 Å². The molecule has 1 aromatic carbocycles. The summed E-state index contributed by atoms with van der Waals surface area (Å²) < 4.78 is 34.5. The number of aryl methyl sites for hydroxylation is 1. The van der Waals surface area contributed by atoms with Crippen molar-refractivity contribution in [1.29, 1.82) is 0 Å². The second kappa shape index (κ2) is 10.6. The van der Waals surface area contributed by atoms with Crippen molar-refractivity contribution >= 4 is 18.3 Å². The Labute approximate surface area is 173 Å². The Morgan fingerprint density at radius 3 is 2.00 bits per heavy atom. The number of hydrogen-bond donors (Lipinski definition) is 1. The molecule has 0 radical (unpaired) electrons. The molecule has 0 saturated heterocycles. The molecule has 0 bridgehead atoms. The standard InChI is InChI=1S/C22H37NO3SSi/c1-9-10-21(26-28(17(2)3,18(4)5)19(6)7)15-16-23-27(24,25)22-13-11-20(8)12-14-22/h10-14,17-19,21,23H,1,15-16H2,2-8H3/t21-/m1/s1. The Hall–Kier alpha value is -1.17. The Bertz CT molecular complexity index is 742. The van der Waals surface area contributed by atoms with Gasteiger partial charge in [0.05, 0.1) is 11.0 Å². The molecule has 0 aliphatic heterocycles.